The number of aliphatic hydroxyl groups excluding tert-OH is 2. The number of β-amino-alcohol motifs (C(OH)–C–C–N with tert-alkyl or cyclic N) is 2. The molecule has 2 aliphatic carbocycles. The minimum Gasteiger partial charge on any atom is -0.491 e. The molecule has 1 saturated heterocycles. The molecule has 0 bridgehead atoms. The number of halogens is 1. The third kappa shape index (κ3) is 6.13. The van der Waals surface area contributed by atoms with Gasteiger partial charge < -0.3 is 30.3 Å². The van der Waals surface area contributed by atoms with E-state index in [1.807, 2.05) is 6.07 Å². The number of hydrogen-bond donors (Lipinski definition) is 4. The molecular formula is C35H35FN4O6. The zero-order valence-corrected chi connectivity index (χ0v) is 25.1. The van der Waals surface area contributed by atoms with Crippen molar-refractivity contribution in [3.63, 3.8) is 0 Å². The second kappa shape index (κ2) is 12.0. The van der Waals surface area contributed by atoms with Gasteiger partial charge in [-0.2, -0.15) is 0 Å². The summed E-state index contributed by atoms with van der Waals surface area (Å²) < 4.78 is 26.9. The molecule has 1 aliphatic heterocycles. The van der Waals surface area contributed by atoms with Crippen molar-refractivity contribution >= 4 is 34.1 Å². The number of carbonyl (C=O) groups is 2. The fraction of sp³-hybridized carbons (Fsp3) is 0.343. The number of benzene rings is 3. The number of para-hydroxylation sites is 1. The van der Waals surface area contributed by atoms with Crippen LogP contribution in [0.4, 0.5) is 15.8 Å². The highest BCUT2D eigenvalue weighted by Gasteiger charge is 2.56. The van der Waals surface area contributed by atoms with Crippen LogP contribution >= 0.6 is 0 Å². The molecule has 2 amide bonds. The first-order valence-electron chi connectivity index (χ1n) is 15.5. The SMILES string of the molecule is O=C(Nc1ccccc1)C1(C(=O)Nc2ccc(Oc3ccnc4cc(OCC(O)CN5CC(O)C6(CC6)C5)ccc34)c(F)c2)CC1. The van der Waals surface area contributed by atoms with E-state index in [9.17, 15) is 19.8 Å². The lowest BCUT2D eigenvalue weighted by Gasteiger charge is -2.20. The van der Waals surface area contributed by atoms with Gasteiger partial charge in [0, 0.05) is 60.1 Å². The highest BCUT2D eigenvalue weighted by atomic mass is 19.1. The Hall–Kier alpha value is -4.58. The van der Waals surface area contributed by atoms with Gasteiger partial charge in [0.2, 0.25) is 11.8 Å². The molecule has 3 aromatic carbocycles. The Labute approximate surface area is 265 Å². The molecule has 4 N–H and O–H groups in total. The van der Waals surface area contributed by atoms with E-state index in [0.29, 0.717) is 54.0 Å². The average Bonchev–Trinajstić information content (AvgIpc) is 3.97. The largest absolute Gasteiger partial charge is 0.491 e. The van der Waals surface area contributed by atoms with Gasteiger partial charge in [0.05, 0.1) is 11.6 Å². The van der Waals surface area contributed by atoms with Crippen molar-refractivity contribution in [3.05, 3.63) is 84.8 Å². The summed E-state index contributed by atoms with van der Waals surface area (Å²) in [6.07, 6.45) is 3.42. The molecule has 3 aliphatic rings. The number of ether oxygens (including phenoxy) is 2. The topological polar surface area (TPSA) is 133 Å². The Balaban J connectivity index is 0.960. The van der Waals surface area contributed by atoms with Crippen LogP contribution in [0.2, 0.25) is 0 Å². The maximum atomic E-state index is 15.2. The van der Waals surface area contributed by atoms with Crippen molar-refractivity contribution in [1.82, 2.24) is 9.88 Å². The van der Waals surface area contributed by atoms with E-state index in [0.717, 1.165) is 25.5 Å². The molecule has 7 rings (SSSR count). The number of rotatable bonds is 11. The average molecular weight is 627 g/mol. The predicted octanol–water partition coefficient (Wildman–Crippen LogP) is 4.72. The van der Waals surface area contributed by atoms with E-state index in [1.54, 1.807) is 54.7 Å². The number of nitrogens with one attached hydrogen (secondary N) is 2. The molecule has 2 unspecified atom stereocenters. The zero-order chi connectivity index (χ0) is 31.9. The quantitative estimate of drug-likeness (QED) is 0.176. The molecule has 2 atom stereocenters. The maximum absolute atomic E-state index is 15.2. The first-order valence-corrected chi connectivity index (χ1v) is 15.5. The third-order valence-corrected chi connectivity index (χ3v) is 9.21. The van der Waals surface area contributed by atoms with Gasteiger partial charge >= 0.3 is 0 Å². The van der Waals surface area contributed by atoms with Crippen LogP contribution in [0.1, 0.15) is 25.7 Å². The van der Waals surface area contributed by atoms with Crippen LogP contribution in [0.5, 0.6) is 17.2 Å². The summed E-state index contributed by atoms with van der Waals surface area (Å²) in [4.78, 5) is 32.3. The first kappa shape index (κ1) is 30.1. The van der Waals surface area contributed by atoms with Crippen molar-refractivity contribution in [2.75, 3.05) is 36.9 Å². The van der Waals surface area contributed by atoms with Crippen LogP contribution in [0, 0.1) is 16.6 Å². The number of hydrogen-bond acceptors (Lipinski definition) is 8. The number of fused-ring (bicyclic) bond motifs is 1. The molecule has 2 saturated carbocycles. The molecule has 1 spiro atoms. The molecule has 0 radical (unpaired) electrons. The second-order valence-electron chi connectivity index (χ2n) is 12.6. The predicted molar refractivity (Wildman–Crippen MR) is 169 cm³/mol. The molecule has 1 aromatic heterocycles. The second-order valence-corrected chi connectivity index (χ2v) is 12.6. The molecule has 4 aromatic rings. The van der Waals surface area contributed by atoms with E-state index in [1.165, 1.54) is 12.1 Å². The Kier molecular flexibility index (Phi) is 7.83. The van der Waals surface area contributed by atoms with Gasteiger partial charge in [-0.05, 0) is 68.1 Å². The monoisotopic (exact) mass is 626 g/mol. The molecule has 238 valence electrons. The Morgan fingerprint density at radius 1 is 0.957 bits per heavy atom. The smallest absolute Gasteiger partial charge is 0.240 e. The maximum Gasteiger partial charge on any atom is 0.240 e. The van der Waals surface area contributed by atoms with Crippen LogP contribution in [0.3, 0.4) is 0 Å². The van der Waals surface area contributed by atoms with Crippen molar-refractivity contribution in [3.8, 4) is 17.2 Å². The minimum atomic E-state index is -1.19. The molecule has 11 heteroatoms. The number of nitrogens with zero attached hydrogens (tertiary/aromatic N) is 2. The van der Waals surface area contributed by atoms with Gasteiger partial charge in [-0.1, -0.05) is 18.2 Å². The molecule has 3 fully saturated rings. The molecular weight excluding hydrogens is 591 g/mol. The lowest BCUT2D eigenvalue weighted by atomic mass is 10.0. The van der Waals surface area contributed by atoms with Gasteiger partial charge in [-0.3, -0.25) is 19.5 Å². The zero-order valence-electron chi connectivity index (χ0n) is 25.1. The number of aliphatic hydroxyl groups is 2. The molecule has 10 nitrogen and oxygen atoms in total. The summed E-state index contributed by atoms with van der Waals surface area (Å²) in [5, 5.41) is 26.9. The summed E-state index contributed by atoms with van der Waals surface area (Å²) in [6, 6.07) is 19.9. The number of anilines is 2. The van der Waals surface area contributed by atoms with Crippen molar-refractivity contribution in [2.45, 2.75) is 37.9 Å². The summed E-state index contributed by atoms with van der Waals surface area (Å²) in [5.74, 6) is -0.705. The van der Waals surface area contributed by atoms with Gasteiger partial charge in [0.25, 0.3) is 0 Å². The lowest BCUT2D eigenvalue weighted by molar-refractivity contribution is -0.131. The Bertz CT molecular complexity index is 1780. The van der Waals surface area contributed by atoms with Crippen LogP contribution in [-0.4, -0.2) is 70.4 Å². The number of carbonyl (C=O) groups excluding carboxylic acids is 2. The van der Waals surface area contributed by atoms with Crippen LogP contribution < -0.4 is 20.1 Å². The van der Waals surface area contributed by atoms with E-state index in [4.69, 9.17) is 9.47 Å². The lowest BCUT2D eigenvalue weighted by Crippen LogP contribution is -2.35. The third-order valence-electron chi connectivity index (χ3n) is 9.21. The van der Waals surface area contributed by atoms with Gasteiger partial charge in [-0.25, -0.2) is 4.39 Å². The highest BCUT2D eigenvalue weighted by molar-refractivity contribution is 6.16. The fourth-order valence-corrected chi connectivity index (χ4v) is 6.15. The number of amides is 2. The number of pyridine rings is 1. The van der Waals surface area contributed by atoms with E-state index in [-0.39, 0.29) is 35.5 Å². The van der Waals surface area contributed by atoms with Crippen molar-refractivity contribution in [2.24, 2.45) is 10.8 Å². The van der Waals surface area contributed by atoms with E-state index < -0.39 is 23.2 Å². The Morgan fingerprint density at radius 3 is 2.41 bits per heavy atom. The van der Waals surface area contributed by atoms with Gasteiger partial charge in [0.1, 0.15) is 29.6 Å². The fourth-order valence-electron chi connectivity index (χ4n) is 6.15. The normalized spacial score (nSPS) is 19.8. The van der Waals surface area contributed by atoms with Crippen molar-refractivity contribution in [1.29, 1.82) is 0 Å². The summed E-state index contributed by atoms with van der Waals surface area (Å²) in [7, 11) is 0. The summed E-state index contributed by atoms with van der Waals surface area (Å²) in [5.41, 5.74) is 0.231. The highest BCUT2D eigenvalue weighted by Crippen LogP contribution is 2.52. The van der Waals surface area contributed by atoms with E-state index >= 15 is 4.39 Å². The Morgan fingerprint density at radius 2 is 1.72 bits per heavy atom. The standard InChI is InChI=1S/C35H35FN4O6/c36-27-16-23(39-33(44)35(13-14-35)32(43)38-22-4-2-1-3-5-22)6-9-30(27)46-29-10-15-37-28-17-25(7-8-26(28)29)45-20-24(41)18-40-19-31(42)34(21-40)11-12-34/h1-10,15-17,24,31,41-42H,11-14,18-21H2,(H,38,43)(H,39,44). The number of aromatic nitrogens is 1. The first-order chi connectivity index (χ1) is 22.2. The molecule has 46 heavy (non-hydrogen) atoms. The number of likely N-dealkylation sites (tertiary alicyclic amines) is 1. The van der Waals surface area contributed by atoms with Crippen LogP contribution in [0.15, 0.2) is 79.0 Å². The van der Waals surface area contributed by atoms with Gasteiger partial charge in [0.15, 0.2) is 11.6 Å². The van der Waals surface area contributed by atoms with Crippen LogP contribution in [0.25, 0.3) is 10.9 Å². The summed E-state index contributed by atoms with van der Waals surface area (Å²) >= 11 is 0. The van der Waals surface area contributed by atoms with Crippen LogP contribution in [-0.2, 0) is 9.59 Å². The van der Waals surface area contributed by atoms with Gasteiger partial charge in [-0.15, -0.1) is 0 Å². The molecule has 2 heterocycles. The van der Waals surface area contributed by atoms with E-state index in [2.05, 4.69) is 20.5 Å². The minimum absolute atomic E-state index is 0.0347. The summed E-state index contributed by atoms with van der Waals surface area (Å²) in [6.45, 7) is 1.90. The van der Waals surface area contributed by atoms with Crippen molar-refractivity contribution < 1.29 is 33.7 Å².